The van der Waals surface area contributed by atoms with Crippen LogP contribution < -0.4 is 0 Å². The number of ether oxygens (including phenoxy) is 2. The van der Waals surface area contributed by atoms with Crippen molar-refractivity contribution in [3.8, 4) is 0 Å². The molecule has 21 heavy (non-hydrogen) atoms. The molecule has 1 aliphatic rings. The Morgan fingerprint density at radius 3 is 2.29 bits per heavy atom. The number of aliphatic hydroxyl groups is 1. The minimum atomic E-state index is -2.00. The van der Waals surface area contributed by atoms with Crippen LogP contribution in [0.1, 0.15) is 27.2 Å². The standard InChI is InChI=1S/C12H22NO4.3CH3.Sn/c1-8-6-9(7-14)13(10(8)16-5)11(15)17-12(2,3)4;;;;/h8-10,14H,1,6-7H2,2-5H3;3*1H3;/t8-,9-,10?;;;;/m0..../s1. The Kier molecular flexibility index (Phi) is 6.38. The van der Waals surface area contributed by atoms with Gasteiger partial charge in [-0.25, -0.2) is 0 Å². The molecule has 0 aromatic heterocycles. The first-order valence-corrected chi connectivity index (χ1v) is 18.2. The molecule has 1 aliphatic heterocycles. The molecular formula is C15H31NO4Sn. The first-order valence-electron chi connectivity index (χ1n) is 7.63. The third-order valence-corrected chi connectivity index (χ3v) is 8.57. The van der Waals surface area contributed by atoms with Gasteiger partial charge in [-0.2, -0.15) is 0 Å². The fourth-order valence-electron chi connectivity index (χ4n) is 3.02. The van der Waals surface area contributed by atoms with Crippen molar-refractivity contribution in [2.24, 2.45) is 5.92 Å². The Hall–Kier alpha value is -0.0113. The molecule has 0 spiro atoms. The van der Waals surface area contributed by atoms with Crippen LogP contribution in [0.25, 0.3) is 0 Å². The van der Waals surface area contributed by atoms with Crippen LogP contribution in [0.4, 0.5) is 4.79 Å². The minimum absolute atomic E-state index is 0.0464. The summed E-state index contributed by atoms with van der Waals surface area (Å²) in [4.78, 5) is 21.2. The third-order valence-electron chi connectivity index (χ3n) is 3.58. The van der Waals surface area contributed by atoms with E-state index in [2.05, 4.69) is 14.8 Å². The Morgan fingerprint density at radius 2 is 1.90 bits per heavy atom. The molecule has 0 bridgehead atoms. The number of rotatable bonds is 4. The van der Waals surface area contributed by atoms with Gasteiger partial charge < -0.3 is 0 Å². The molecule has 1 rings (SSSR count). The number of hydrogen-bond acceptors (Lipinski definition) is 4. The quantitative estimate of drug-likeness (QED) is 0.728. The molecule has 5 nitrogen and oxygen atoms in total. The van der Waals surface area contributed by atoms with Crippen LogP contribution in [0.2, 0.25) is 19.3 Å². The van der Waals surface area contributed by atoms with Gasteiger partial charge in [-0.3, -0.25) is 0 Å². The van der Waals surface area contributed by atoms with E-state index in [0.29, 0.717) is 5.92 Å². The van der Waals surface area contributed by atoms with Gasteiger partial charge in [0, 0.05) is 0 Å². The van der Waals surface area contributed by atoms with Crippen LogP contribution in [-0.2, 0) is 9.47 Å². The fourth-order valence-corrected chi connectivity index (χ4v) is 8.56. The molecule has 1 saturated heterocycles. The number of hydrogen-bond donors (Lipinski definition) is 1. The monoisotopic (exact) mass is 409 g/mol. The van der Waals surface area contributed by atoms with Gasteiger partial charge in [0.05, 0.1) is 0 Å². The van der Waals surface area contributed by atoms with Crippen molar-refractivity contribution < 1.29 is 19.4 Å². The van der Waals surface area contributed by atoms with E-state index in [1.807, 2.05) is 20.8 Å². The number of nitrogens with zero attached hydrogens (tertiary/aromatic N) is 1. The normalized spacial score (nSPS) is 27.0. The summed E-state index contributed by atoms with van der Waals surface area (Å²) < 4.78 is 12.2. The zero-order chi connectivity index (χ0) is 16.4. The average molecular weight is 408 g/mol. The van der Waals surface area contributed by atoms with Gasteiger partial charge in [-0.1, -0.05) is 0 Å². The SMILES string of the molecule is COC1[C@@H]([CH2][Sn]([CH3])([CH3])[CH3])C[C@@H](CO)N1C(=O)OC(C)(C)C. The van der Waals surface area contributed by atoms with Gasteiger partial charge in [0.2, 0.25) is 0 Å². The van der Waals surface area contributed by atoms with Gasteiger partial charge >= 0.3 is 133 Å². The Balaban J connectivity index is 2.91. The summed E-state index contributed by atoms with van der Waals surface area (Å²) in [7, 11) is 1.63. The predicted molar refractivity (Wildman–Crippen MR) is 86.0 cm³/mol. The van der Waals surface area contributed by atoms with Crippen LogP contribution in [0.5, 0.6) is 0 Å². The first kappa shape index (κ1) is 19.0. The molecule has 1 heterocycles. The van der Waals surface area contributed by atoms with E-state index >= 15 is 0 Å². The molecular weight excluding hydrogens is 377 g/mol. The molecule has 1 fully saturated rings. The number of aliphatic hydroxyl groups excluding tert-OH is 1. The number of methoxy groups -OCH3 is 1. The van der Waals surface area contributed by atoms with Crippen LogP contribution in [0.3, 0.4) is 0 Å². The summed E-state index contributed by atoms with van der Waals surface area (Å²) in [6.07, 6.45) is 0.121. The molecule has 1 unspecified atom stereocenters. The van der Waals surface area contributed by atoms with Gasteiger partial charge in [0.15, 0.2) is 0 Å². The predicted octanol–water partition coefficient (Wildman–Crippen LogP) is 2.92. The Morgan fingerprint density at radius 1 is 1.33 bits per heavy atom. The van der Waals surface area contributed by atoms with Crippen molar-refractivity contribution in [1.29, 1.82) is 0 Å². The summed E-state index contributed by atoms with van der Waals surface area (Å²) in [5.41, 5.74) is -0.545. The zero-order valence-corrected chi connectivity index (χ0v) is 17.3. The van der Waals surface area contributed by atoms with Crippen molar-refractivity contribution in [2.45, 2.75) is 64.3 Å². The molecule has 0 aromatic rings. The van der Waals surface area contributed by atoms with Crippen molar-refractivity contribution in [3.05, 3.63) is 0 Å². The maximum atomic E-state index is 12.4. The molecule has 0 radical (unpaired) electrons. The maximum absolute atomic E-state index is 12.4. The summed E-state index contributed by atoms with van der Waals surface area (Å²) >= 11 is -2.00. The number of likely N-dealkylation sites (tertiary alicyclic amines) is 1. The summed E-state index contributed by atoms with van der Waals surface area (Å²) in [5, 5.41) is 9.63. The molecule has 124 valence electrons. The van der Waals surface area contributed by atoms with Gasteiger partial charge in [0.25, 0.3) is 0 Å². The van der Waals surface area contributed by atoms with Crippen LogP contribution in [0.15, 0.2) is 0 Å². The van der Waals surface area contributed by atoms with Crippen LogP contribution in [0, 0.1) is 5.92 Å². The summed E-state index contributed by atoms with van der Waals surface area (Å²) in [6, 6.07) is -0.205. The van der Waals surface area contributed by atoms with Gasteiger partial charge in [0.1, 0.15) is 0 Å². The summed E-state index contributed by atoms with van der Waals surface area (Å²) in [6.45, 7) is 5.49. The molecule has 0 aromatic carbocycles. The number of amides is 1. The fraction of sp³-hybridized carbons (Fsp3) is 0.933. The van der Waals surface area contributed by atoms with Crippen molar-refractivity contribution in [1.82, 2.24) is 4.90 Å². The second kappa shape index (κ2) is 7.04. The zero-order valence-electron chi connectivity index (χ0n) is 14.5. The molecule has 1 N–H and O–H groups in total. The molecule has 0 saturated carbocycles. The summed E-state index contributed by atoms with van der Waals surface area (Å²) in [5.74, 6) is 0.301. The molecule has 0 aliphatic carbocycles. The van der Waals surface area contributed by atoms with E-state index in [1.165, 1.54) is 0 Å². The van der Waals surface area contributed by atoms with Gasteiger partial charge in [-0.15, -0.1) is 0 Å². The van der Waals surface area contributed by atoms with Crippen molar-refractivity contribution in [2.75, 3.05) is 13.7 Å². The van der Waals surface area contributed by atoms with E-state index in [1.54, 1.807) is 12.0 Å². The first-order chi connectivity index (χ1) is 9.48. The van der Waals surface area contributed by atoms with E-state index in [4.69, 9.17) is 9.47 Å². The van der Waals surface area contributed by atoms with E-state index in [-0.39, 0.29) is 25.0 Å². The molecule has 1 amide bonds. The van der Waals surface area contributed by atoms with Crippen molar-refractivity contribution in [3.63, 3.8) is 0 Å². The topological polar surface area (TPSA) is 59.0 Å². The molecule has 3 atom stereocenters. The van der Waals surface area contributed by atoms with E-state index < -0.39 is 24.0 Å². The second-order valence-corrected chi connectivity index (χ2v) is 23.9. The third kappa shape index (κ3) is 5.60. The van der Waals surface area contributed by atoms with E-state index in [9.17, 15) is 9.90 Å². The Labute approximate surface area is 132 Å². The second-order valence-electron chi connectivity index (χ2n) is 8.11. The average Bonchev–Trinajstić information content (AvgIpc) is 2.61. The number of carbonyl (C=O) groups excluding carboxylic acids is 1. The number of carbonyl (C=O) groups is 1. The van der Waals surface area contributed by atoms with Gasteiger partial charge in [-0.05, 0) is 0 Å². The van der Waals surface area contributed by atoms with Crippen LogP contribution >= 0.6 is 0 Å². The van der Waals surface area contributed by atoms with E-state index in [0.717, 1.165) is 10.9 Å². The Bertz CT molecular complexity index is 362. The van der Waals surface area contributed by atoms with Crippen LogP contribution in [-0.4, -0.2) is 66.1 Å². The van der Waals surface area contributed by atoms with Crippen molar-refractivity contribution >= 4 is 24.5 Å². The molecule has 6 heteroatoms.